The van der Waals surface area contributed by atoms with Crippen molar-refractivity contribution in [1.82, 2.24) is 9.80 Å². The first-order valence-electron chi connectivity index (χ1n) is 10.6. The molecule has 32 heavy (non-hydrogen) atoms. The third kappa shape index (κ3) is 4.22. The Balaban J connectivity index is 1.45. The van der Waals surface area contributed by atoms with Gasteiger partial charge in [0, 0.05) is 45.8 Å². The minimum atomic E-state index is -1.40. The molecule has 0 aromatic heterocycles. The van der Waals surface area contributed by atoms with Crippen molar-refractivity contribution in [2.75, 3.05) is 20.1 Å². The summed E-state index contributed by atoms with van der Waals surface area (Å²) in [6.45, 7) is 0.865. The van der Waals surface area contributed by atoms with Crippen molar-refractivity contribution in [3.8, 4) is 5.75 Å². The lowest BCUT2D eigenvalue weighted by atomic mass is 9.75. The second-order valence-electron chi connectivity index (χ2n) is 8.36. The first-order valence-corrected chi connectivity index (χ1v) is 10.6. The Hall–Kier alpha value is -3.29. The van der Waals surface area contributed by atoms with Crippen LogP contribution in [0.25, 0.3) is 0 Å². The monoisotopic (exact) mass is 442 g/mol. The van der Waals surface area contributed by atoms with Gasteiger partial charge in [0.25, 0.3) is 0 Å². The summed E-state index contributed by atoms with van der Waals surface area (Å²) in [6.07, 6.45) is 0.699. The van der Waals surface area contributed by atoms with Gasteiger partial charge in [-0.1, -0.05) is 12.1 Å². The van der Waals surface area contributed by atoms with E-state index >= 15 is 0 Å². The van der Waals surface area contributed by atoms with Gasteiger partial charge in [-0.3, -0.25) is 19.3 Å². The van der Waals surface area contributed by atoms with Gasteiger partial charge in [-0.05, 0) is 42.0 Å². The van der Waals surface area contributed by atoms with E-state index in [9.17, 15) is 23.2 Å². The lowest BCUT2D eigenvalue weighted by Gasteiger charge is -2.35. The first kappa shape index (κ1) is 21.9. The van der Waals surface area contributed by atoms with Crippen LogP contribution in [0.4, 0.5) is 8.78 Å². The number of rotatable bonds is 5. The summed E-state index contributed by atoms with van der Waals surface area (Å²) in [5, 5.41) is 0. The Morgan fingerprint density at radius 2 is 1.75 bits per heavy atom. The van der Waals surface area contributed by atoms with Gasteiger partial charge < -0.3 is 9.64 Å². The number of carbonyl (C=O) groups is 3. The summed E-state index contributed by atoms with van der Waals surface area (Å²) in [7, 11) is 1.38. The van der Waals surface area contributed by atoms with Crippen LogP contribution in [-0.4, -0.2) is 53.8 Å². The van der Waals surface area contributed by atoms with Gasteiger partial charge in [0.15, 0.2) is 0 Å². The van der Waals surface area contributed by atoms with Crippen LogP contribution in [0, 0.1) is 11.6 Å². The molecule has 0 bridgehead atoms. The highest BCUT2D eigenvalue weighted by molar-refractivity contribution is 6.10. The van der Waals surface area contributed by atoms with Gasteiger partial charge in [0.1, 0.15) is 23.5 Å². The van der Waals surface area contributed by atoms with Crippen LogP contribution in [-0.2, 0) is 19.8 Å². The molecule has 1 unspecified atom stereocenters. The number of amides is 3. The maximum absolute atomic E-state index is 13.9. The molecule has 2 aliphatic heterocycles. The van der Waals surface area contributed by atoms with Gasteiger partial charge in [-0.25, -0.2) is 8.78 Å². The Morgan fingerprint density at radius 1 is 1.06 bits per heavy atom. The fourth-order valence-electron chi connectivity index (χ4n) is 4.44. The Morgan fingerprint density at radius 3 is 2.34 bits per heavy atom. The topological polar surface area (TPSA) is 66.9 Å². The van der Waals surface area contributed by atoms with Crippen molar-refractivity contribution in [2.24, 2.45) is 0 Å². The molecular weight excluding hydrogens is 418 g/mol. The van der Waals surface area contributed by atoms with E-state index in [1.165, 1.54) is 37.4 Å². The summed E-state index contributed by atoms with van der Waals surface area (Å²) < 4.78 is 32.8. The summed E-state index contributed by atoms with van der Waals surface area (Å²) >= 11 is 0. The largest absolute Gasteiger partial charge is 0.490 e. The number of hydrogen-bond donors (Lipinski definition) is 0. The molecule has 2 saturated heterocycles. The number of nitrogens with zero attached hydrogens (tertiary/aromatic N) is 2. The van der Waals surface area contributed by atoms with Crippen LogP contribution in [0.15, 0.2) is 48.5 Å². The van der Waals surface area contributed by atoms with Crippen molar-refractivity contribution in [1.29, 1.82) is 0 Å². The maximum atomic E-state index is 13.9. The summed E-state index contributed by atoms with van der Waals surface area (Å²) in [6, 6.07) is 11.3. The second-order valence-corrected chi connectivity index (χ2v) is 8.36. The van der Waals surface area contributed by atoms with Crippen LogP contribution in [0.1, 0.15) is 31.2 Å². The van der Waals surface area contributed by atoms with Gasteiger partial charge >= 0.3 is 0 Å². The second kappa shape index (κ2) is 8.68. The highest BCUT2D eigenvalue weighted by Crippen LogP contribution is 2.40. The molecule has 8 heteroatoms. The van der Waals surface area contributed by atoms with Crippen LogP contribution in [0.2, 0.25) is 0 Å². The standard InChI is InChI=1S/C24H24F2N2O4/c1-27-21(29)14-24(23(27)31,16-3-2-4-18(26)13-16)15-22(30)28-11-9-20(10-12-28)32-19-7-5-17(25)6-8-19/h2-8,13,20H,9-12,14-15H2,1H3. The summed E-state index contributed by atoms with van der Waals surface area (Å²) in [5.41, 5.74) is -1.06. The van der Waals surface area contributed by atoms with Crippen molar-refractivity contribution in [2.45, 2.75) is 37.2 Å². The molecule has 2 fully saturated rings. The van der Waals surface area contributed by atoms with Gasteiger partial charge in [-0.15, -0.1) is 0 Å². The number of piperidine rings is 1. The minimum absolute atomic E-state index is 0.109. The molecule has 2 aromatic rings. The molecule has 0 aliphatic carbocycles. The smallest absolute Gasteiger partial charge is 0.240 e. The highest BCUT2D eigenvalue weighted by Gasteiger charge is 2.53. The van der Waals surface area contributed by atoms with Crippen molar-refractivity contribution in [3.05, 3.63) is 65.7 Å². The molecule has 2 heterocycles. The van der Waals surface area contributed by atoms with Gasteiger partial charge in [0.05, 0.1) is 5.41 Å². The third-order valence-electron chi connectivity index (χ3n) is 6.28. The average molecular weight is 442 g/mol. The fourth-order valence-corrected chi connectivity index (χ4v) is 4.44. The Kier molecular flexibility index (Phi) is 5.95. The van der Waals surface area contributed by atoms with E-state index in [0.29, 0.717) is 37.2 Å². The molecule has 2 aromatic carbocycles. The van der Waals surface area contributed by atoms with E-state index < -0.39 is 23.0 Å². The van der Waals surface area contributed by atoms with E-state index in [1.54, 1.807) is 23.1 Å². The number of halogens is 2. The molecular formula is C24H24F2N2O4. The van der Waals surface area contributed by atoms with Crippen LogP contribution < -0.4 is 4.74 Å². The normalized spacial score (nSPS) is 21.8. The molecule has 0 radical (unpaired) electrons. The van der Waals surface area contributed by atoms with Crippen molar-refractivity contribution < 1.29 is 27.9 Å². The molecule has 0 saturated carbocycles. The predicted octanol–water partition coefficient (Wildman–Crippen LogP) is 3.05. The fraction of sp³-hybridized carbons (Fsp3) is 0.375. The van der Waals surface area contributed by atoms with Crippen molar-refractivity contribution in [3.63, 3.8) is 0 Å². The van der Waals surface area contributed by atoms with E-state index in [-0.39, 0.29) is 30.7 Å². The number of hydrogen-bond acceptors (Lipinski definition) is 4. The molecule has 2 aliphatic rings. The minimum Gasteiger partial charge on any atom is -0.490 e. The lowest BCUT2D eigenvalue weighted by molar-refractivity contribution is -0.142. The zero-order valence-electron chi connectivity index (χ0n) is 17.7. The quantitative estimate of drug-likeness (QED) is 0.668. The van der Waals surface area contributed by atoms with E-state index in [0.717, 1.165) is 4.90 Å². The molecule has 6 nitrogen and oxygen atoms in total. The van der Waals surface area contributed by atoms with E-state index in [1.807, 2.05) is 0 Å². The Bertz CT molecular complexity index is 1030. The highest BCUT2D eigenvalue weighted by atomic mass is 19.1. The number of likely N-dealkylation sites (tertiary alicyclic amines) is 2. The predicted molar refractivity (Wildman–Crippen MR) is 112 cm³/mol. The lowest BCUT2D eigenvalue weighted by Crippen LogP contribution is -2.46. The SMILES string of the molecule is CN1C(=O)CC(CC(=O)N2CCC(Oc3ccc(F)cc3)CC2)(c2cccc(F)c2)C1=O. The average Bonchev–Trinajstić information content (AvgIpc) is 3.00. The van der Waals surface area contributed by atoms with Crippen molar-refractivity contribution >= 4 is 17.7 Å². The van der Waals surface area contributed by atoms with Gasteiger partial charge in [0.2, 0.25) is 17.7 Å². The van der Waals surface area contributed by atoms with Crippen LogP contribution in [0.3, 0.4) is 0 Å². The first-order chi connectivity index (χ1) is 15.3. The molecule has 0 spiro atoms. The number of imide groups is 1. The van der Waals surface area contributed by atoms with E-state index in [4.69, 9.17) is 4.74 Å². The summed E-state index contributed by atoms with van der Waals surface area (Å²) in [5.74, 6) is -1.43. The summed E-state index contributed by atoms with van der Waals surface area (Å²) in [4.78, 5) is 41.1. The Labute approximate surface area is 184 Å². The zero-order valence-corrected chi connectivity index (χ0v) is 17.7. The molecule has 4 rings (SSSR count). The molecule has 3 amide bonds. The number of likely N-dealkylation sites (N-methyl/N-ethyl adjacent to an activating group) is 1. The molecule has 0 N–H and O–H groups in total. The number of carbonyl (C=O) groups excluding carboxylic acids is 3. The van der Waals surface area contributed by atoms with Gasteiger partial charge in [-0.2, -0.15) is 0 Å². The molecule has 1 atom stereocenters. The zero-order chi connectivity index (χ0) is 22.9. The van der Waals surface area contributed by atoms with Crippen LogP contribution in [0.5, 0.6) is 5.75 Å². The number of benzene rings is 2. The number of ether oxygens (including phenoxy) is 1. The van der Waals surface area contributed by atoms with Crippen LogP contribution >= 0.6 is 0 Å². The maximum Gasteiger partial charge on any atom is 0.240 e. The molecule has 168 valence electrons. The third-order valence-corrected chi connectivity index (χ3v) is 6.28. The van der Waals surface area contributed by atoms with E-state index in [2.05, 4.69) is 0 Å².